The molecule has 10 nitrogen and oxygen atoms in total. The summed E-state index contributed by atoms with van der Waals surface area (Å²) in [4.78, 5) is 42.9. The summed E-state index contributed by atoms with van der Waals surface area (Å²) in [6.45, 7) is 2.06. The summed E-state index contributed by atoms with van der Waals surface area (Å²) < 4.78 is 9.42. The molecule has 1 aliphatic rings. The Hall–Kier alpha value is -2.62. The molecule has 1 fully saturated rings. The van der Waals surface area contributed by atoms with Crippen LogP contribution in [-0.2, 0) is 30.2 Å². The number of nitrogens with two attached hydrogens (primary N) is 1. The average molecular weight is 364 g/mol. The van der Waals surface area contributed by atoms with Gasteiger partial charge in [0, 0.05) is 46.8 Å². The van der Waals surface area contributed by atoms with Gasteiger partial charge in [0.15, 0.2) is 11.2 Å². The van der Waals surface area contributed by atoms with Crippen LogP contribution in [0.1, 0.15) is 12.8 Å². The van der Waals surface area contributed by atoms with Crippen molar-refractivity contribution in [3.63, 3.8) is 0 Å². The normalized spacial score (nSPS) is 15.7. The van der Waals surface area contributed by atoms with Gasteiger partial charge in [-0.2, -0.15) is 4.98 Å². The van der Waals surface area contributed by atoms with Gasteiger partial charge in [0.1, 0.15) is 0 Å². The van der Waals surface area contributed by atoms with E-state index >= 15 is 0 Å². The van der Waals surface area contributed by atoms with Crippen LogP contribution in [0, 0.1) is 5.92 Å². The third kappa shape index (κ3) is 2.90. The first-order chi connectivity index (χ1) is 12.4. The maximum Gasteiger partial charge on any atom is 0.332 e. The lowest BCUT2D eigenvalue weighted by Gasteiger charge is -2.31. The minimum atomic E-state index is -0.419. The predicted octanol–water partition coefficient (Wildman–Crippen LogP) is -1.22. The summed E-state index contributed by atoms with van der Waals surface area (Å²) in [5.74, 6) is 0.187. The third-order valence-corrected chi connectivity index (χ3v) is 5.03. The van der Waals surface area contributed by atoms with Crippen molar-refractivity contribution in [2.24, 2.45) is 25.7 Å². The van der Waals surface area contributed by atoms with Crippen molar-refractivity contribution >= 4 is 23.0 Å². The molecule has 0 unspecified atom stereocenters. The zero-order chi connectivity index (χ0) is 19.0. The maximum absolute atomic E-state index is 12.7. The molecule has 3 rings (SSSR count). The molecule has 0 radical (unpaired) electrons. The fourth-order valence-corrected chi connectivity index (χ4v) is 3.43. The molecule has 0 aliphatic carbocycles. The number of piperidine rings is 1. The molecule has 0 saturated carbocycles. The van der Waals surface area contributed by atoms with Crippen LogP contribution in [0.3, 0.4) is 0 Å². The number of aromatic nitrogens is 4. The van der Waals surface area contributed by atoms with E-state index in [4.69, 9.17) is 10.5 Å². The zero-order valence-electron chi connectivity index (χ0n) is 15.3. The first kappa shape index (κ1) is 18.2. The SMILES string of the molecule is COCCn1c(N2CCC(C(N)=O)CC2)nc2c1c(=O)n(C)c(=O)n2C. The van der Waals surface area contributed by atoms with Crippen molar-refractivity contribution in [2.45, 2.75) is 19.4 Å². The number of hydrogen-bond donors (Lipinski definition) is 1. The van der Waals surface area contributed by atoms with Gasteiger partial charge in [-0.15, -0.1) is 0 Å². The quantitative estimate of drug-likeness (QED) is 0.711. The average Bonchev–Trinajstić information content (AvgIpc) is 3.02. The lowest BCUT2D eigenvalue weighted by molar-refractivity contribution is -0.122. The van der Waals surface area contributed by atoms with Gasteiger partial charge in [-0.25, -0.2) is 4.79 Å². The number of fused-ring (bicyclic) bond motifs is 1. The highest BCUT2D eigenvalue weighted by Gasteiger charge is 2.28. The summed E-state index contributed by atoms with van der Waals surface area (Å²) >= 11 is 0. The first-order valence-electron chi connectivity index (χ1n) is 8.56. The summed E-state index contributed by atoms with van der Waals surface area (Å²) in [6.07, 6.45) is 1.28. The number of anilines is 1. The van der Waals surface area contributed by atoms with Crippen LogP contribution in [-0.4, -0.2) is 51.4 Å². The summed E-state index contributed by atoms with van der Waals surface area (Å²) in [5, 5.41) is 0. The highest BCUT2D eigenvalue weighted by molar-refractivity contribution is 5.77. The van der Waals surface area contributed by atoms with Gasteiger partial charge in [0.25, 0.3) is 5.56 Å². The maximum atomic E-state index is 12.7. The number of aryl methyl sites for hydroxylation is 1. The molecule has 1 aliphatic heterocycles. The molecule has 2 aromatic heterocycles. The second-order valence-corrected chi connectivity index (χ2v) is 6.60. The van der Waals surface area contributed by atoms with E-state index < -0.39 is 5.69 Å². The molecule has 3 heterocycles. The number of methoxy groups -OCH3 is 1. The summed E-state index contributed by atoms with van der Waals surface area (Å²) in [5.41, 5.74) is 5.32. The van der Waals surface area contributed by atoms with Gasteiger partial charge >= 0.3 is 5.69 Å². The van der Waals surface area contributed by atoms with Crippen molar-refractivity contribution in [3.8, 4) is 0 Å². The topological polar surface area (TPSA) is 117 Å². The highest BCUT2D eigenvalue weighted by atomic mass is 16.5. The van der Waals surface area contributed by atoms with E-state index in [-0.39, 0.29) is 17.4 Å². The van der Waals surface area contributed by atoms with E-state index in [1.165, 1.54) is 11.6 Å². The van der Waals surface area contributed by atoms with Crippen molar-refractivity contribution < 1.29 is 9.53 Å². The van der Waals surface area contributed by atoms with E-state index in [2.05, 4.69) is 4.98 Å². The largest absolute Gasteiger partial charge is 0.383 e. The molecule has 2 aromatic rings. The van der Waals surface area contributed by atoms with Crippen molar-refractivity contribution in [2.75, 3.05) is 31.7 Å². The van der Waals surface area contributed by atoms with Crippen LogP contribution in [0.4, 0.5) is 5.95 Å². The molecule has 0 aromatic carbocycles. The number of rotatable bonds is 5. The lowest BCUT2D eigenvalue weighted by Crippen LogP contribution is -2.40. The number of ether oxygens (including phenoxy) is 1. The Morgan fingerprint density at radius 2 is 1.88 bits per heavy atom. The van der Waals surface area contributed by atoms with E-state index in [0.717, 1.165) is 4.57 Å². The van der Waals surface area contributed by atoms with Crippen LogP contribution in [0.15, 0.2) is 9.59 Å². The molecule has 26 heavy (non-hydrogen) atoms. The Kier molecular flexibility index (Phi) is 4.86. The van der Waals surface area contributed by atoms with Crippen molar-refractivity contribution in [1.82, 2.24) is 18.7 Å². The van der Waals surface area contributed by atoms with Gasteiger partial charge in [-0.1, -0.05) is 0 Å². The molecule has 1 saturated heterocycles. The van der Waals surface area contributed by atoms with Crippen LogP contribution < -0.4 is 21.9 Å². The molecule has 0 atom stereocenters. The van der Waals surface area contributed by atoms with Gasteiger partial charge in [0.05, 0.1) is 6.61 Å². The molecular formula is C16H24N6O4. The number of hydrogen-bond acceptors (Lipinski definition) is 6. The summed E-state index contributed by atoms with van der Waals surface area (Å²) in [7, 11) is 4.64. The lowest BCUT2D eigenvalue weighted by atomic mass is 9.96. The second kappa shape index (κ2) is 6.94. The number of imidazole rings is 1. The van der Waals surface area contributed by atoms with E-state index in [1.54, 1.807) is 18.7 Å². The second-order valence-electron chi connectivity index (χ2n) is 6.60. The smallest absolute Gasteiger partial charge is 0.332 e. The first-order valence-corrected chi connectivity index (χ1v) is 8.56. The fourth-order valence-electron chi connectivity index (χ4n) is 3.43. The monoisotopic (exact) mass is 364 g/mol. The van der Waals surface area contributed by atoms with Crippen LogP contribution in [0.25, 0.3) is 11.2 Å². The molecule has 2 N–H and O–H groups in total. The minimum absolute atomic E-state index is 0.139. The molecule has 0 spiro atoms. The molecule has 10 heteroatoms. The Morgan fingerprint density at radius 1 is 1.23 bits per heavy atom. The van der Waals surface area contributed by atoms with E-state index in [0.29, 0.717) is 56.2 Å². The van der Waals surface area contributed by atoms with Gasteiger partial charge in [0.2, 0.25) is 11.9 Å². The van der Waals surface area contributed by atoms with Crippen LogP contribution in [0.2, 0.25) is 0 Å². The number of primary amides is 1. The third-order valence-electron chi connectivity index (χ3n) is 5.03. The Balaban J connectivity index is 2.12. The molecule has 1 amide bonds. The zero-order valence-corrected chi connectivity index (χ0v) is 15.3. The van der Waals surface area contributed by atoms with Crippen molar-refractivity contribution in [1.29, 1.82) is 0 Å². The van der Waals surface area contributed by atoms with Gasteiger partial charge in [-0.3, -0.25) is 18.7 Å². The number of nitrogens with zero attached hydrogens (tertiary/aromatic N) is 5. The van der Waals surface area contributed by atoms with Crippen LogP contribution in [0.5, 0.6) is 0 Å². The van der Waals surface area contributed by atoms with Gasteiger partial charge < -0.3 is 19.9 Å². The number of carbonyl (C=O) groups excluding carboxylic acids is 1. The van der Waals surface area contributed by atoms with E-state index in [9.17, 15) is 14.4 Å². The standard InChI is InChI=1S/C16H24N6O4/c1-19-13-11(14(24)20(2)16(19)25)22(8-9-26-3)15(18-13)21-6-4-10(5-7-21)12(17)23/h10H,4-9H2,1-3H3,(H2,17,23). The Bertz CT molecular complexity index is 948. The Morgan fingerprint density at radius 3 is 2.46 bits per heavy atom. The predicted molar refractivity (Wildman–Crippen MR) is 96.2 cm³/mol. The number of carbonyl (C=O) groups is 1. The fraction of sp³-hybridized carbons (Fsp3) is 0.625. The highest BCUT2D eigenvalue weighted by Crippen LogP contribution is 2.25. The van der Waals surface area contributed by atoms with Gasteiger partial charge in [-0.05, 0) is 12.8 Å². The van der Waals surface area contributed by atoms with E-state index in [1.807, 2.05) is 4.90 Å². The molecule has 142 valence electrons. The summed E-state index contributed by atoms with van der Waals surface area (Å²) in [6, 6.07) is 0. The Labute approximate surface area is 149 Å². The minimum Gasteiger partial charge on any atom is -0.383 e. The molecular weight excluding hydrogens is 340 g/mol. The number of amides is 1. The van der Waals surface area contributed by atoms with Crippen LogP contribution >= 0.6 is 0 Å². The molecule has 0 bridgehead atoms. The van der Waals surface area contributed by atoms with Crippen molar-refractivity contribution in [3.05, 3.63) is 20.8 Å².